The highest BCUT2D eigenvalue weighted by atomic mass is 16.2. The van der Waals surface area contributed by atoms with Crippen molar-refractivity contribution in [1.82, 2.24) is 30.0 Å². The van der Waals surface area contributed by atoms with Crippen molar-refractivity contribution in [2.24, 2.45) is 0 Å². The molecule has 4 heterocycles. The second-order valence-corrected chi connectivity index (χ2v) is 10.2. The molecule has 6 rings (SSSR count). The van der Waals surface area contributed by atoms with Crippen LogP contribution >= 0.6 is 0 Å². The first kappa shape index (κ1) is 24.4. The molecule has 194 valence electrons. The van der Waals surface area contributed by atoms with E-state index in [1.54, 1.807) is 4.90 Å². The van der Waals surface area contributed by atoms with Crippen LogP contribution < -0.4 is 5.32 Å². The molecule has 1 N–H and O–H groups in total. The maximum atomic E-state index is 12.9. The largest absolute Gasteiger partial charge is 0.322 e. The minimum absolute atomic E-state index is 0.129. The van der Waals surface area contributed by atoms with E-state index in [4.69, 9.17) is 0 Å². The fourth-order valence-corrected chi connectivity index (χ4v) is 5.52. The van der Waals surface area contributed by atoms with Crippen molar-refractivity contribution >= 4 is 17.7 Å². The van der Waals surface area contributed by atoms with Crippen molar-refractivity contribution in [2.45, 2.75) is 38.5 Å². The Morgan fingerprint density at radius 1 is 0.842 bits per heavy atom. The number of piperazine rings is 1. The number of fused-ring (bicyclic) bond motifs is 1. The fraction of sp³-hybridized carbons (Fsp3) is 0.345. The Bertz CT molecular complexity index is 1350. The predicted molar refractivity (Wildman–Crippen MR) is 141 cm³/mol. The molecule has 38 heavy (non-hydrogen) atoms. The molecule has 2 fully saturated rings. The summed E-state index contributed by atoms with van der Waals surface area (Å²) in [4.78, 5) is 52.3. The van der Waals surface area contributed by atoms with Crippen molar-refractivity contribution in [1.29, 1.82) is 0 Å². The van der Waals surface area contributed by atoms with Gasteiger partial charge >= 0.3 is 0 Å². The van der Waals surface area contributed by atoms with Crippen LogP contribution in [0.3, 0.4) is 0 Å². The molecule has 0 bridgehead atoms. The number of nitrogens with zero attached hydrogens (tertiary/aromatic N) is 5. The van der Waals surface area contributed by atoms with Gasteiger partial charge in [-0.05, 0) is 23.6 Å². The molecule has 2 saturated heterocycles. The van der Waals surface area contributed by atoms with Crippen LogP contribution in [0.4, 0.5) is 0 Å². The maximum Gasteiger partial charge on any atom is 0.255 e. The van der Waals surface area contributed by atoms with Gasteiger partial charge in [-0.3, -0.25) is 29.5 Å². The standard InChI is InChI=1S/C29H30N6O3/c36-26-9-8-25(28(37)32-26)35-19-23-14-20(6-7-24(23)29(35)38)17-33-10-12-34(13-11-33)18-21-15-30-27(31-16-21)22-4-2-1-3-5-22/h1-7,14-16,25H,8-13,17-19H2,(H,32,36,37). The molecule has 3 aliphatic heterocycles. The van der Waals surface area contributed by atoms with Crippen molar-refractivity contribution in [3.05, 3.63) is 83.2 Å². The number of amides is 3. The smallest absolute Gasteiger partial charge is 0.255 e. The number of nitrogens with one attached hydrogen (secondary N) is 1. The zero-order chi connectivity index (χ0) is 26.1. The zero-order valence-electron chi connectivity index (χ0n) is 21.2. The first-order chi connectivity index (χ1) is 18.5. The Morgan fingerprint density at radius 3 is 2.21 bits per heavy atom. The normalized spacial score (nSPS) is 20.5. The average Bonchev–Trinajstić information content (AvgIpc) is 3.26. The first-order valence-corrected chi connectivity index (χ1v) is 13.1. The van der Waals surface area contributed by atoms with Gasteiger partial charge in [0.05, 0.1) is 0 Å². The molecule has 1 atom stereocenters. The van der Waals surface area contributed by atoms with Crippen LogP contribution in [0.2, 0.25) is 0 Å². The summed E-state index contributed by atoms with van der Waals surface area (Å²) in [6.07, 6.45) is 4.49. The van der Waals surface area contributed by atoms with E-state index in [9.17, 15) is 14.4 Å². The molecular weight excluding hydrogens is 480 g/mol. The van der Waals surface area contributed by atoms with E-state index in [2.05, 4.69) is 31.2 Å². The molecule has 9 heteroatoms. The highest BCUT2D eigenvalue weighted by Gasteiger charge is 2.39. The van der Waals surface area contributed by atoms with Gasteiger partial charge in [0.15, 0.2) is 5.82 Å². The Morgan fingerprint density at radius 2 is 1.53 bits per heavy atom. The summed E-state index contributed by atoms with van der Waals surface area (Å²) in [5.74, 6) is -0.0304. The highest BCUT2D eigenvalue weighted by molar-refractivity contribution is 6.05. The Hall–Kier alpha value is -3.95. The molecule has 3 aromatic rings. The second kappa shape index (κ2) is 10.4. The minimum Gasteiger partial charge on any atom is -0.322 e. The number of benzene rings is 2. The maximum absolute atomic E-state index is 12.9. The first-order valence-electron chi connectivity index (χ1n) is 13.1. The van der Waals surface area contributed by atoms with Crippen LogP contribution in [0.5, 0.6) is 0 Å². The van der Waals surface area contributed by atoms with E-state index in [1.165, 1.54) is 5.56 Å². The summed E-state index contributed by atoms with van der Waals surface area (Å²) >= 11 is 0. The van der Waals surface area contributed by atoms with E-state index in [0.717, 1.165) is 61.8 Å². The van der Waals surface area contributed by atoms with Crippen LogP contribution in [-0.2, 0) is 29.2 Å². The molecule has 1 aromatic heterocycles. The third-order valence-electron chi connectivity index (χ3n) is 7.60. The Labute approximate surface area is 221 Å². The summed E-state index contributed by atoms with van der Waals surface area (Å²) in [6.45, 7) is 5.92. The van der Waals surface area contributed by atoms with Gasteiger partial charge in [0.25, 0.3) is 5.91 Å². The third kappa shape index (κ3) is 5.07. The number of hydrogen-bond donors (Lipinski definition) is 1. The highest BCUT2D eigenvalue weighted by Crippen LogP contribution is 2.28. The summed E-state index contributed by atoms with van der Waals surface area (Å²) in [6, 6.07) is 15.4. The predicted octanol–water partition coefficient (Wildman–Crippen LogP) is 2.22. The van der Waals surface area contributed by atoms with Crippen LogP contribution in [0.1, 0.15) is 39.9 Å². The molecule has 2 aromatic carbocycles. The number of imide groups is 1. The molecule has 1 unspecified atom stereocenters. The van der Waals surface area contributed by atoms with E-state index >= 15 is 0 Å². The molecule has 0 saturated carbocycles. The lowest BCUT2D eigenvalue weighted by Crippen LogP contribution is -2.52. The topological polar surface area (TPSA) is 98.7 Å². The molecule has 0 aliphatic carbocycles. The van der Waals surface area contributed by atoms with Crippen LogP contribution in [0.25, 0.3) is 11.4 Å². The van der Waals surface area contributed by atoms with E-state index in [1.807, 2.05) is 54.9 Å². The van der Waals surface area contributed by atoms with Crippen molar-refractivity contribution in [2.75, 3.05) is 26.2 Å². The lowest BCUT2D eigenvalue weighted by Gasteiger charge is -2.34. The number of carbonyl (C=O) groups is 3. The summed E-state index contributed by atoms with van der Waals surface area (Å²) in [7, 11) is 0. The Kier molecular flexibility index (Phi) is 6.70. The molecule has 3 amide bonds. The van der Waals surface area contributed by atoms with Gasteiger partial charge < -0.3 is 4.90 Å². The van der Waals surface area contributed by atoms with Crippen molar-refractivity contribution in [3.8, 4) is 11.4 Å². The second-order valence-electron chi connectivity index (χ2n) is 10.2. The number of carbonyl (C=O) groups excluding carboxylic acids is 3. The van der Waals surface area contributed by atoms with Crippen LogP contribution in [0, 0.1) is 0 Å². The quantitative estimate of drug-likeness (QED) is 0.508. The SMILES string of the molecule is O=C1CCC(N2Cc3cc(CN4CCN(Cc5cnc(-c6ccccc6)nc5)CC4)ccc3C2=O)C(=O)N1. The van der Waals surface area contributed by atoms with Gasteiger partial charge in [-0.1, -0.05) is 42.5 Å². The minimum atomic E-state index is -0.580. The fourth-order valence-electron chi connectivity index (χ4n) is 5.52. The lowest BCUT2D eigenvalue weighted by atomic mass is 10.0. The third-order valence-corrected chi connectivity index (χ3v) is 7.60. The Balaban J connectivity index is 1.02. The van der Waals surface area contributed by atoms with E-state index < -0.39 is 6.04 Å². The number of hydrogen-bond acceptors (Lipinski definition) is 7. The summed E-state index contributed by atoms with van der Waals surface area (Å²) in [5.41, 5.74) is 4.91. The molecule has 3 aliphatic rings. The molecular formula is C29H30N6O3. The van der Waals surface area contributed by atoms with Crippen LogP contribution in [0.15, 0.2) is 60.9 Å². The molecule has 9 nitrogen and oxygen atoms in total. The summed E-state index contributed by atoms with van der Waals surface area (Å²) < 4.78 is 0. The summed E-state index contributed by atoms with van der Waals surface area (Å²) in [5, 5.41) is 2.36. The van der Waals surface area contributed by atoms with Gasteiger partial charge in [0.1, 0.15) is 6.04 Å². The van der Waals surface area contributed by atoms with Gasteiger partial charge in [0.2, 0.25) is 11.8 Å². The molecule has 0 radical (unpaired) electrons. The average molecular weight is 511 g/mol. The number of piperidine rings is 1. The monoisotopic (exact) mass is 510 g/mol. The number of aromatic nitrogens is 2. The lowest BCUT2D eigenvalue weighted by molar-refractivity contribution is -0.136. The van der Waals surface area contributed by atoms with E-state index in [0.29, 0.717) is 18.5 Å². The van der Waals surface area contributed by atoms with Crippen LogP contribution in [-0.4, -0.2) is 74.6 Å². The van der Waals surface area contributed by atoms with Crippen molar-refractivity contribution < 1.29 is 14.4 Å². The molecule has 0 spiro atoms. The van der Waals surface area contributed by atoms with Gasteiger partial charge in [-0.25, -0.2) is 9.97 Å². The van der Waals surface area contributed by atoms with E-state index in [-0.39, 0.29) is 24.1 Å². The number of rotatable bonds is 6. The van der Waals surface area contributed by atoms with Crippen molar-refractivity contribution in [3.63, 3.8) is 0 Å². The van der Waals surface area contributed by atoms with Gasteiger partial charge in [0, 0.05) is 81.3 Å². The zero-order valence-corrected chi connectivity index (χ0v) is 21.2. The van der Waals surface area contributed by atoms with Gasteiger partial charge in [-0.15, -0.1) is 0 Å². The van der Waals surface area contributed by atoms with Gasteiger partial charge in [-0.2, -0.15) is 0 Å².